The topological polar surface area (TPSA) is 50.8 Å². The summed E-state index contributed by atoms with van der Waals surface area (Å²) in [4.78, 5) is 15.0. The maximum absolute atomic E-state index is 12.7. The first kappa shape index (κ1) is 19.7. The van der Waals surface area contributed by atoms with E-state index in [2.05, 4.69) is 27.0 Å². The Balaban J connectivity index is 1.53. The van der Waals surface area contributed by atoms with Gasteiger partial charge in [0.25, 0.3) is 0 Å². The minimum Gasteiger partial charge on any atom is -0.493 e. The average Bonchev–Trinajstić information content (AvgIpc) is 3.38. The number of thiophene rings is 1. The Morgan fingerprint density at radius 2 is 2.11 bits per heavy atom. The van der Waals surface area contributed by atoms with Gasteiger partial charge in [-0.3, -0.25) is 9.69 Å². The fourth-order valence-electron chi connectivity index (χ4n) is 3.74. The number of rotatable bonds is 8. The predicted octanol–water partition coefficient (Wildman–Crippen LogP) is 3.65. The Hall–Kier alpha value is -2.05. The number of carbonyl (C=O) groups excluding carboxylic acids is 1. The van der Waals surface area contributed by atoms with Gasteiger partial charge in [-0.2, -0.15) is 11.3 Å². The third kappa shape index (κ3) is 4.62. The van der Waals surface area contributed by atoms with Gasteiger partial charge in [0.2, 0.25) is 5.91 Å². The van der Waals surface area contributed by atoms with Crippen LogP contribution in [0.25, 0.3) is 0 Å². The van der Waals surface area contributed by atoms with E-state index in [0.717, 1.165) is 31.4 Å². The van der Waals surface area contributed by atoms with E-state index in [9.17, 15) is 4.79 Å². The number of methoxy groups -OCH3 is 2. The van der Waals surface area contributed by atoms with Gasteiger partial charge >= 0.3 is 0 Å². The predicted molar refractivity (Wildman–Crippen MR) is 109 cm³/mol. The molecule has 0 saturated carbocycles. The monoisotopic (exact) mass is 388 g/mol. The highest BCUT2D eigenvalue weighted by molar-refractivity contribution is 7.07. The quantitative estimate of drug-likeness (QED) is 0.750. The van der Waals surface area contributed by atoms with Gasteiger partial charge in [0, 0.05) is 12.6 Å². The fourth-order valence-corrected chi connectivity index (χ4v) is 4.45. The lowest BCUT2D eigenvalue weighted by Gasteiger charge is -2.29. The Labute approximate surface area is 165 Å². The number of ether oxygens (including phenoxy) is 2. The summed E-state index contributed by atoms with van der Waals surface area (Å²) in [5.74, 6) is 1.52. The normalized spacial score (nSPS) is 18.3. The number of nitrogens with zero attached hydrogens (tertiary/aromatic N) is 1. The van der Waals surface area contributed by atoms with Crippen LogP contribution < -0.4 is 14.8 Å². The summed E-state index contributed by atoms with van der Waals surface area (Å²) in [5, 5.41) is 7.40. The number of amides is 1. The van der Waals surface area contributed by atoms with E-state index >= 15 is 0 Å². The molecule has 2 atom stereocenters. The van der Waals surface area contributed by atoms with Gasteiger partial charge < -0.3 is 14.8 Å². The minimum atomic E-state index is -0.122. The van der Waals surface area contributed by atoms with Crippen LogP contribution in [-0.4, -0.2) is 44.2 Å². The molecule has 1 aromatic carbocycles. The molecule has 0 aliphatic carbocycles. The van der Waals surface area contributed by atoms with Crippen molar-refractivity contribution in [2.75, 3.05) is 27.3 Å². The van der Waals surface area contributed by atoms with Crippen LogP contribution >= 0.6 is 11.3 Å². The molecular formula is C21H28N2O3S. The smallest absolute Gasteiger partial charge is 0.237 e. The number of nitrogens with one attached hydrogen (secondary N) is 1. The van der Waals surface area contributed by atoms with Crippen molar-refractivity contribution in [2.24, 2.45) is 0 Å². The SMILES string of the molecule is COc1ccc(CCNC(=O)[C@H](C)N2CCC[C@H]2c2ccsc2)cc1OC. The molecule has 27 heavy (non-hydrogen) atoms. The van der Waals surface area contributed by atoms with Gasteiger partial charge in [0.1, 0.15) is 0 Å². The zero-order chi connectivity index (χ0) is 19.2. The molecule has 2 aromatic rings. The maximum Gasteiger partial charge on any atom is 0.237 e. The van der Waals surface area contributed by atoms with E-state index in [0.29, 0.717) is 24.1 Å². The van der Waals surface area contributed by atoms with Crippen molar-refractivity contribution in [1.82, 2.24) is 10.2 Å². The molecule has 1 N–H and O–H groups in total. The standard InChI is InChI=1S/C21H28N2O3S/c1-15(23-11-4-5-18(23)17-9-12-27-14-17)21(24)22-10-8-16-6-7-19(25-2)20(13-16)26-3/h6-7,9,12-15,18H,4-5,8,10-11H2,1-3H3,(H,22,24)/t15-,18-/m0/s1. The molecule has 0 spiro atoms. The number of benzene rings is 1. The molecule has 1 aliphatic heterocycles. The van der Waals surface area contributed by atoms with Crippen LogP contribution in [-0.2, 0) is 11.2 Å². The van der Waals surface area contributed by atoms with Crippen molar-refractivity contribution in [3.05, 3.63) is 46.2 Å². The number of hydrogen-bond donors (Lipinski definition) is 1. The first-order valence-corrected chi connectivity index (χ1v) is 10.3. The van der Waals surface area contributed by atoms with Crippen molar-refractivity contribution >= 4 is 17.2 Å². The van der Waals surface area contributed by atoms with Gasteiger partial charge in [0.05, 0.1) is 20.3 Å². The molecule has 6 heteroatoms. The molecule has 0 unspecified atom stereocenters. The Morgan fingerprint density at radius 1 is 1.30 bits per heavy atom. The van der Waals surface area contributed by atoms with Crippen molar-refractivity contribution in [3.8, 4) is 11.5 Å². The summed E-state index contributed by atoms with van der Waals surface area (Å²) in [6, 6.07) is 8.28. The van der Waals surface area contributed by atoms with E-state index in [1.54, 1.807) is 25.6 Å². The van der Waals surface area contributed by atoms with Crippen LogP contribution in [0.15, 0.2) is 35.0 Å². The molecule has 1 aromatic heterocycles. The fraction of sp³-hybridized carbons (Fsp3) is 0.476. The highest BCUT2D eigenvalue weighted by Crippen LogP contribution is 2.34. The molecule has 2 heterocycles. The third-order valence-corrected chi connectivity index (χ3v) is 5.96. The lowest BCUT2D eigenvalue weighted by Crippen LogP contribution is -2.45. The molecular weight excluding hydrogens is 360 g/mol. The zero-order valence-electron chi connectivity index (χ0n) is 16.2. The van der Waals surface area contributed by atoms with Gasteiger partial charge in [-0.1, -0.05) is 6.07 Å². The van der Waals surface area contributed by atoms with Gasteiger partial charge in [-0.15, -0.1) is 0 Å². The Morgan fingerprint density at radius 3 is 2.81 bits per heavy atom. The molecule has 1 fully saturated rings. The average molecular weight is 389 g/mol. The Kier molecular flexibility index (Phi) is 6.74. The third-order valence-electron chi connectivity index (χ3n) is 5.26. The summed E-state index contributed by atoms with van der Waals surface area (Å²) < 4.78 is 10.6. The summed E-state index contributed by atoms with van der Waals surface area (Å²) >= 11 is 1.72. The van der Waals surface area contributed by atoms with Crippen LogP contribution in [0.5, 0.6) is 11.5 Å². The Bertz CT molecular complexity index is 748. The van der Waals surface area contributed by atoms with Crippen LogP contribution in [0.4, 0.5) is 0 Å². The number of carbonyl (C=O) groups is 1. The van der Waals surface area contributed by atoms with Crippen LogP contribution in [0, 0.1) is 0 Å². The second-order valence-electron chi connectivity index (χ2n) is 6.86. The summed E-state index contributed by atoms with van der Waals surface area (Å²) in [6.45, 7) is 3.59. The molecule has 3 rings (SSSR count). The summed E-state index contributed by atoms with van der Waals surface area (Å²) in [7, 11) is 3.26. The highest BCUT2D eigenvalue weighted by atomic mass is 32.1. The van der Waals surface area contributed by atoms with E-state index in [1.807, 2.05) is 25.1 Å². The van der Waals surface area contributed by atoms with Crippen LogP contribution in [0.2, 0.25) is 0 Å². The van der Waals surface area contributed by atoms with Crippen LogP contribution in [0.3, 0.4) is 0 Å². The lowest BCUT2D eigenvalue weighted by molar-refractivity contribution is -0.126. The van der Waals surface area contributed by atoms with E-state index in [1.165, 1.54) is 5.56 Å². The molecule has 146 valence electrons. The van der Waals surface area contributed by atoms with E-state index in [4.69, 9.17) is 9.47 Å². The van der Waals surface area contributed by atoms with E-state index in [-0.39, 0.29) is 11.9 Å². The second-order valence-corrected chi connectivity index (χ2v) is 7.64. The van der Waals surface area contributed by atoms with Crippen molar-refractivity contribution in [2.45, 2.75) is 38.3 Å². The molecule has 5 nitrogen and oxygen atoms in total. The summed E-state index contributed by atoms with van der Waals surface area (Å²) in [6.07, 6.45) is 3.02. The van der Waals surface area contributed by atoms with Gasteiger partial charge in [-0.05, 0) is 72.8 Å². The molecule has 1 aliphatic rings. The molecule has 1 saturated heterocycles. The van der Waals surface area contributed by atoms with Crippen molar-refractivity contribution in [1.29, 1.82) is 0 Å². The highest BCUT2D eigenvalue weighted by Gasteiger charge is 2.32. The van der Waals surface area contributed by atoms with Gasteiger partial charge in [-0.25, -0.2) is 0 Å². The largest absolute Gasteiger partial charge is 0.493 e. The summed E-state index contributed by atoms with van der Waals surface area (Å²) in [5.41, 5.74) is 2.44. The number of hydrogen-bond acceptors (Lipinski definition) is 5. The van der Waals surface area contributed by atoms with Crippen molar-refractivity contribution < 1.29 is 14.3 Å². The second kappa shape index (κ2) is 9.24. The molecule has 1 amide bonds. The lowest BCUT2D eigenvalue weighted by atomic mass is 10.1. The van der Waals surface area contributed by atoms with E-state index < -0.39 is 0 Å². The molecule has 0 radical (unpaired) electrons. The zero-order valence-corrected chi connectivity index (χ0v) is 17.1. The first-order chi connectivity index (χ1) is 13.1. The number of likely N-dealkylation sites (tertiary alicyclic amines) is 1. The maximum atomic E-state index is 12.7. The van der Waals surface area contributed by atoms with Crippen LogP contribution in [0.1, 0.15) is 36.9 Å². The van der Waals surface area contributed by atoms with Crippen molar-refractivity contribution in [3.63, 3.8) is 0 Å². The van der Waals surface area contributed by atoms with Gasteiger partial charge in [0.15, 0.2) is 11.5 Å². The first-order valence-electron chi connectivity index (χ1n) is 9.40. The minimum absolute atomic E-state index is 0.0950. The molecule has 0 bridgehead atoms.